The fourth-order valence-corrected chi connectivity index (χ4v) is 4.52. The summed E-state index contributed by atoms with van der Waals surface area (Å²) in [7, 11) is 0. The van der Waals surface area contributed by atoms with Gasteiger partial charge < -0.3 is 0 Å². The topological polar surface area (TPSA) is 83.7 Å². The molecule has 9 heteroatoms. The summed E-state index contributed by atoms with van der Waals surface area (Å²) in [4.78, 5) is 25.2. The maximum absolute atomic E-state index is 12.0. The van der Waals surface area contributed by atoms with Crippen LogP contribution in [0.3, 0.4) is 0 Å². The number of imide groups is 1. The van der Waals surface area contributed by atoms with Crippen molar-refractivity contribution in [2.75, 3.05) is 9.91 Å². The van der Waals surface area contributed by atoms with E-state index in [0.29, 0.717) is 23.2 Å². The molecule has 1 aromatic heterocycles. The van der Waals surface area contributed by atoms with Crippen molar-refractivity contribution in [2.24, 2.45) is 5.10 Å². The third kappa shape index (κ3) is 3.68. The highest BCUT2D eigenvalue weighted by atomic mass is 35.5. The first-order chi connectivity index (χ1) is 17.5. The SMILES string of the molecule is Cc1nnc2n1-c1ccccc1C(c1ccc(Cl)cc1)=NN2Cc1ccc(N2C(=O)C=CC2=O)cc1. The molecule has 0 saturated heterocycles. The molecule has 176 valence electrons. The standard InChI is InChI=1S/C27H19ClN6O2/c1-17-29-30-27-32(16-18-6-12-21(13-7-18)34-24(35)14-15-25(34)36)31-26(19-8-10-20(28)11-9-19)22-4-2-3-5-23(22)33(17)27/h2-15H,16H2,1H3. The van der Waals surface area contributed by atoms with Gasteiger partial charge in [0.15, 0.2) is 0 Å². The van der Waals surface area contributed by atoms with Crippen LogP contribution in [0.15, 0.2) is 90.0 Å². The Morgan fingerprint density at radius 3 is 2.25 bits per heavy atom. The number of amides is 2. The molecule has 0 aliphatic carbocycles. The summed E-state index contributed by atoms with van der Waals surface area (Å²) in [5.74, 6) is 0.628. The molecule has 0 saturated carbocycles. The fraction of sp³-hybridized carbons (Fsp3) is 0.0741. The van der Waals surface area contributed by atoms with Crippen molar-refractivity contribution in [3.8, 4) is 5.69 Å². The zero-order valence-electron chi connectivity index (χ0n) is 19.2. The van der Waals surface area contributed by atoms with Crippen molar-refractivity contribution < 1.29 is 9.59 Å². The van der Waals surface area contributed by atoms with Crippen molar-refractivity contribution >= 4 is 40.8 Å². The average molecular weight is 495 g/mol. The van der Waals surface area contributed by atoms with Gasteiger partial charge in [-0.1, -0.05) is 54.1 Å². The van der Waals surface area contributed by atoms with E-state index in [1.807, 2.05) is 77.2 Å². The number of nitrogens with zero attached hydrogens (tertiary/aromatic N) is 6. The van der Waals surface area contributed by atoms with Crippen LogP contribution >= 0.6 is 11.6 Å². The number of para-hydroxylation sites is 1. The highest BCUT2D eigenvalue weighted by Gasteiger charge is 2.27. The minimum Gasteiger partial charge on any atom is -0.269 e. The third-order valence-electron chi connectivity index (χ3n) is 6.11. The molecule has 6 rings (SSSR count). The van der Waals surface area contributed by atoms with Crippen LogP contribution in [-0.4, -0.2) is 32.3 Å². The van der Waals surface area contributed by atoms with Gasteiger partial charge in [0.2, 0.25) is 0 Å². The van der Waals surface area contributed by atoms with Crippen molar-refractivity contribution in [3.63, 3.8) is 0 Å². The molecule has 0 atom stereocenters. The molecule has 0 N–H and O–H groups in total. The minimum absolute atomic E-state index is 0.348. The molecule has 0 spiro atoms. The molecule has 8 nitrogen and oxygen atoms in total. The Morgan fingerprint density at radius 1 is 0.833 bits per heavy atom. The lowest BCUT2D eigenvalue weighted by Gasteiger charge is -2.19. The Bertz CT molecular complexity index is 1550. The van der Waals surface area contributed by atoms with Crippen LogP contribution in [0.5, 0.6) is 0 Å². The summed E-state index contributed by atoms with van der Waals surface area (Å²) in [6.07, 6.45) is 2.54. The van der Waals surface area contributed by atoms with Crippen molar-refractivity contribution in [1.82, 2.24) is 14.8 Å². The molecule has 0 radical (unpaired) electrons. The largest absolute Gasteiger partial charge is 0.269 e. The molecule has 36 heavy (non-hydrogen) atoms. The van der Waals surface area contributed by atoms with Crippen LogP contribution in [-0.2, 0) is 16.1 Å². The van der Waals surface area contributed by atoms with Crippen molar-refractivity contribution in [3.05, 3.63) is 112 Å². The molecular weight excluding hydrogens is 476 g/mol. The number of aromatic nitrogens is 3. The molecule has 0 fully saturated rings. The van der Waals surface area contributed by atoms with E-state index in [0.717, 1.165) is 38.8 Å². The average Bonchev–Trinajstić information content (AvgIpc) is 3.39. The van der Waals surface area contributed by atoms with Crippen molar-refractivity contribution in [2.45, 2.75) is 13.5 Å². The van der Waals surface area contributed by atoms with E-state index in [9.17, 15) is 9.59 Å². The van der Waals surface area contributed by atoms with E-state index in [1.54, 1.807) is 12.1 Å². The number of halogens is 1. The zero-order chi connectivity index (χ0) is 24.8. The van der Waals surface area contributed by atoms with Gasteiger partial charge in [-0.15, -0.1) is 10.2 Å². The van der Waals surface area contributed by atoms with Gasteiger partial charge in [0.05, 0.1) is 17.9 Å². The summed E-state index contributed by atoms with van der Waals surface area (Å²) >= 11 is 6.15. The number of benzene rings is 3. The highest BCUT2D eigenvalue weighted by molar-refractivity contribution is 6.30. The lowest BCUT2D eigenvalue weighted by Crippen LogP contribution is -2.29. The van der Waals surface area contributed by atoms with Gasteiger partial charge >= 0.3 is 0 Å². The smallest absolute Gasteiger partial charge is 0.258 e. The first-order valence-electron chi connectivity index (χ1n) is 11.3. The zero-order valence-corrected chi connectivity index (χ0v) is 19.9. The fourth-order valence-electron chi connectivity index (χ4n) is 4.39. The van der Waals surface area contributed by atoms with Crippen LogP contribution in [0.4, 0.5) is 11.6 Å². The molecule has 0 unspecified atom stereocenters. The summed E-state index contributed by atoms with van der Waals surface area (Å²) in [5.41, 5.74) is 5.01. The molecule has 2 amide bonds. The second kappa shape index (κ2) is 8.58. The second-order valence-corrected chi connectivity index (χ2v) is 8.86. The number of carbonyl (C=O) groups excluding carboxylic acids is 2. The number of hydrogen-bond donors (Lipinski definition) is 0. The summed E-state index contributed by atoms with van der Waals surface area (Å²) in [6, 6.07) is 22.8. The van der Waals surface area contributed by atoms with E-state index >= 15 is 0 Å². The van der Waals surface area contributed by atoms with Crippen molar-refractivity contribution in [1.29, 1.82) is 0 Å². The van der Waals surface area contributed by atoms with E-state index < -0.39 is 0 Å². The quantitative estimate of drug-likeness (QED) is 0.392. The highest BCUT2D eigenvalue weighted by Crippen LogP contribution is 2.31. The Balaban J connectivity index is 1.43. The number of aryl methyl sites for hydroxylation is 1. The maximum atomic E-state index is 12.0. The van der Waals surface area contributed by atoms with Gasteiger partial charge in [-0.3, -0.25) is 14.2 Å². The van der Waals surface area contributed by atoms with Crippen LogP contribution in [0.25, 0.3) is 5.69 Å². The first-order valence-corrected chi connectivity index (χ1v) is 11.7. The lowest BCUT2D eigenvalue weighted by molar-refractivity contribution is -0.119. The Kier molecular flexibility index (Phi) is 5.23. The predicted octanol–water partition coefficient (Wildman–Crippen LogP) is 4.43. The van der Waals surface area contributed by atoms with E-state index in [2.05, 4.69) is 10.2 Å². The van der Waals surface area contributed by atoms with E-state index in [4.69, 9.17) is 16.7 Å². The van der Waals surface area contributed by atoms with Crippen LogP contribution in [0.1, 0.15) is 22.5 Å². The minimum atomic E-state index is -0.348. The molecule has 3 aromatic carbocycles. The van der Waals surface area contributed by atoms with Gasteiger partial charge in [-0.2, -0.15) is 5.10 Å². The number of anilines is 2. The van der Waals surface area contributed by atoms with E-state index in [1.165, 1.54) is 12.2 Å². The monoisotopic (exact) mass is 494 g/mol. The van der Waals surface area contributed by atoms with E-state index in [-0.39, 0.29) is 11.8 Å². The molecule has 2 aliphatic heterocycles. The van der Waals surface area contributed by atoms with Gasteiger partial charge in [0.25, 0.3) is 17.8 Å². The Morgan fingerprint density at radius 2 is 1.53 bits per heavy atom. The summed E-state index contributed by atoms with van der Waals surface area (Å²) < 4.78 is 1.99. The van der Waals surface area contributed by atoms with Gasteiger partial charge in [0, 0.05) is 28.3 Å². The lowest BCUT2D eigenvalue weighted by atomic mass is 10.0. The molecule has 2 aliphatic rings. The Hall–Kier alpha value is -4.56. The number of rotatable bonds is 4. The summed E-state index contributed by atoms with van der Waals surface area (Å²) in [6.45, 7) is 2.30. The van der Waals surface area contributed by atoms with Gasteiger partial charge in [-0.25, -0.2) is 9.91 Å². The van der Waals surface area contributed by atoms with Gasteiger partial charge in [-0.05, 0) is 42.8 Å². The normalized spacial score (nSPS) is 14.6. The number of hydrogen-bond acceptors (Lipinski definition) is 6. The number of hydrazone groups is 1. The molecule has 0 bridgehead atoms. The first kappa shape index (κ1) is 21.9. The molecule has 4 aromatic rings. The molecule has 3 heterocycles. The third-order valence-corrected chi connectivity index (χ3v) is 6.37. The van der Waals surface area contributed by atoms with Crippen LogP contribution in [0, 0.1) is 6.92 Å². The summed E-state index contributed by atoms with van der Waals surface area (Å²) in [5, 5.41) is 16.3. The Labute approximate surface area is 211 Å². The maximum Gasteiger partial charge on any atom is 0.258 e. The van der Waals surface area contributed by atoms with Gasteiger partial charge in [0.1, 0.15) is 11.5 Å². The number of carbonyl (C=O) groups is 2. The van der Waals surface area contributed by atoms with Crippen LogP contribution < -0.4 is 9.91 Å². The molecular formula is C27H19ClN6O2. The predicted molar refractivity (Wildman–Crippen MR) is 137 cm³/mol. The van der Waals surface area contributed by atoms with Crippen LogP contribution in [0.2, 0.25) is 5.02 Å². The number of fused-ring (bicyclic) bond motifs is 3. The second-order valence-electron chi connectivity index (χ2n) is 8.42.